The lowest BCUT2D eigenvalue weighted by Gasteiger charge is -2.06. The summed E-state index contributed by atoms with van der Waals surface area (Å²) in [6.07, 6.45) is 1.63. The van der Waals surface area contributed by atoms with Crippen LogP contribution in [0.2, 0.25) is 0 Å². The Balaban J connectivity index is 2.55. The highest BCUT2D eigenvalue weighted by molar-refractivity contribution is 9.10. The summed E-state index contributed by atoms with van der Waals surface area (Å²) in [6.45, 7) is 1.92. The first-order chi connectivity index (χ1) is 8.00. The van der Waals surface area contributed by atoms with Crippen molar-refractivity contribution in [2.75, 3.05) is 0 Å². The maximum Gasteiger partial charge on any atom is 0.212 e. The van der Waals surface area contributed by atoms with Gasteiger partial charge in [0.15, 0.2) is 0 Å². The van der Waals surface area contributed by atoms with Crippen LogP contribution in [0.5, 0.6) is 0 Å². The van der Waals surface area contributed by atoms with E-state index < -0.39 is 0 Å². The largest absolute Gasteiger partial charge is 0.287 e. The van der Waals surface area contributed by atoms with Crippen LogP contribution in [0.1, 0.15) is 21.6 Å². The fourth-order valence-electron chi connectivity index (χ4n) is 1.63. The van der Waals surface area contributed by atoms with Crippen molar-refractivity contribution >= 4 is 37.6 Å². The van der Waals surface area contributed by atoms with Crippen LogP contribution in [0.25, 0.3) is 0 Å². The molecule has 0 fully saturated rings. The normalized spacial score (nSPS) is 10.6. The van der Waals surface area contributed by atoms with Crippen LogP contribution >= 0.6 is 31.9 Å². The molecule has 2 aromatic rings. The van der Waals surface area contributed by atoms with Crippen molar-refractivity contribution in [2.24, 2.45) is 7.05 Å². The van der Waals surface area contributed by atoms with Crippen molar-refractivity contribution in [3.8, 4) is 0 Å². The van der Waals surface area contributed by atoms with Crippen LogP contribution in [0.15, 0.2) is 33.3 Å². The second-order valence-corrected chi connectivity index (χ2v) is 5.52. The molecule has 0 bridgehead atoms. The Morgan fingerprint density at radius 3 is 2.65 bits per heavy atom. The van der Waals surface area contributed by atoms with E-state index in [1.165, 1.54) is 0 Å². The number of carbonyl (C=O) groups excluding carboxylic acids is 1. The molecule has 1 heterocycles. The van der Waals surface area contributed by atoms with Crippen molar-refractivity contribution in [3.63, 3.8) is 0 Å². The van der Waals surface area contributed by atoms with Gasteiger partial charge in [-0.2, -0.15) is 5.10 Å². The van der Waals surface area contributed by atoms with Gasteiger partial charge >= 0.3 is 0 Å². The molecule has 0 unspecified atom stereocenters. The standard InChI is InChI=1S/C12H10Br2N2O/c1-7-3-4-8(13)5-9(7)12(17)11-10(14)6-15-16(11)2/h3-6H,1-2H3. The summed E-state index contributed by atoms with van der Waals surface area (Å²) in [5.41, 5.74) is 2.20. The van der Waals surface area contributed by atoms with Crippen LogP contribution in [-0.4, -0.2) is 15.6 Å². The summed E-state index contributed by atoms with van der Waals surface area (Å²) >= 11 is 6.72. The Labute approximate surface area is 116 Å². The monoisotopic (exact) mass is 356 g/mol. The van der Waals surface area contributed by atoms with Crippen molar-refractivity contribution in [1.82, 2.24) is 9.78 Å². The Morgan fingerprint density at radius 1 is 1.35 bits per heavy atom. The smallest absolute Gasteiger partial charge is 0.212 e. The third-order valence-corrected chi connectivity index (χ3v) is 3.63. The Kier molecular flexibility index (Phi) is 3.49. The van der Waals surface area contributed by atoms with Crippen LogP contribution < -0.4 is 0 Å². The van der Waals surface area contributed by atoms with Gasteiger partial charge < -0.3 is 0 Å². The maximum absolute atomic E-state index is 12.4. The summed E-state index contributed by atoms with van der Waals surface area (Å²) in [5.74, 6) is -0.0318. The highest BCUT2D eigenvalue weighted by atomic mass is 79.9. The predicted molar refractivity (Wildman–Crippen MR) is 73.2 cm³/mol. The van der Waals surface area contributed by atoms with E-state index in [0.29, 0.717) is 15.7 Å². The van der Waals surface area contributed by atoms with Crippen LogP contribution in [0.3, 0.4) is 0 Å². The molecule has 88 valence electrons. The molecule has 0 aliphatic carbocycles. The van der Waals surface area contributed by atoms with Crippen molar-refractivity contribution in [1.29, 1.82) is 0 Å². The van der Waals surface area contributed by atoms with Gasteiger partial charge in [-0.1, -0.05) is 22.0 Å². The molecule has 17 heavy (non-hydrogen) atoms. The minimum atomic E-state index is -0.0318. The number of aryl methyl sites for hydroxylation is 2. The number of aromatic nitrogens is 2. The molecule has 0 aliphatic rings. The number of carbonyl (C=O) groups is 1. The molecule has 5 heteroatoms. The molecule has 0 saturated heterocycles. The predicted octanol–water partition coefficient (Wildman–Crippen LogP) is 3.48. The van der Waals surface area contributed by atoms with Crippen LogP contribution in [0.4, 0.5) is 0 Å². The summed E-state index contributed by atoms with van der Waals surface area (Å²) in [5, 5.41) is 4.05. The van der Waals surface area contributed by atoms with E-state index in [4.69, 9.17) is 0 Å². The lowest BCUT2D eigenvalue weighted by Crippen LogP contribution is -2.10. The zero-order valence-electron chi connectivity index (χ0n) is 9.37. The molecular formula is C12H10Br2N2O. The molecule has 0 saturated carbocycles. The third-order valence-electron chi connectivity index (χ3n) is 2.55. The van der Waals surface area contributed by atoms with Gasteiger partial charge in [-0.25, -0.2) is 0 Å². The van der Waals surface area contributed by atoms with E-state index in [-0.39, 0.29) is 5.78 Å². The highest BCUT2D eigenvalue weighted by Gasteiger charge is 2.18. The molecule has 1 aromatic carbocycles. The first-order valence-corrected chi connectivity index (χ1v) is 6.57. The van der Waals surface area contributed by atoms with Crippen molar-refractivity contribution in [2.45, 2.75) is 6.92 Å². The zero-order valence-corrected chi connectivity index (χ0v) is 12.5. The zero-order chi connectivity index (χ0) is 12.6. The number of hydrogen-bond acceptors (Lipinski definition) is 2. The molecular weight excluding hydrogens is 348 g/mol. The maximum atomic E-state index is 12.4. The second-order valence-electron chi connectivity index (χ2n) is 3.75. The molecule has 0 aliphatic heterocycles. The number of halogens is 2. The SMILES string of the molecule is Cc1ccc(Br)cc1C(=O)c1c(Br)cnn1C. The van der Waals surface area contributed by atoms with Gasteiger partial charge in [0.05, 0.1) is 10.7 Å². The highest BCUT2D eigenvalue weighted by Crippen LogP contribution is 2.23. The lowest BCUT2D eigenvalue weighted by molar-refractivity contribution is 0.102. The van der Waals surface area contributed by atoms with E-state index in [9.17, 15) is 4.79 Å². The fraction of sp³-hybridized carbons (Fsp3) is 0.167. The second kappa shape index (κ2) is 4.74. The van der Waals surface area contributed by atoms with E-state index in [2.05, 4.69) is 37.0 Å². The summed E-state index contributed by atoms with van der Waals surface area (Å²) in [7, 11) is 1.76. The minimum absolute atomic E-state index is 0.0318. The van der Waals surface area contributed by atoms with E-state index in [1.807, 2.05) is 25.1 Å². The van der Waals surface area contributed by atoms with Gasteiger partial charge in [-0.05, 0) is 40.5 Å². The molecule has 1 aromatic heterocycles. The third kappa shape index (κ3) is 2.35. The molecule has 2 rings (SSSR count). The van der Waals surface area contributed by atoms with Gasteiger partial charge in [0.25, 0.3) is 0 Å². The summed E-state index contributed by atoms with van der Waals surface area (Å²) < 4.78 is 3.18. The van der Waals surface area contributed by atoms with E-state index >= 15 is 0 Å². The topological polar surface area (TPSA) is 34.9 Å². The number of benzene rings is 1. The Bertz CT molecular complexity index is 571. The number of nitrogens with zero attached hydrogens (tertiary/aromatic N) is 2. The first-order valence-electron chi connectivity index (χ1n) is 4.99. The first kappa shape index (κ1) is 12.5. The molecule has 3 nitrogen and oxygen atoms in total. The number of ketones is 1. The van der Waals surface area contributed by atoms with Gasteiger partial charge in [0, 0.05) is 17.1 Å². The van der Waals surface area contributed by atoms with Crippen molar-refractivity contribution in [3.05, 3.63) is 50.2 Å². The number of rotatable bonds is 2. The fourth-order valence-corrected chi connectivity index (χ4v) is 2.52. The molecule has 0 spiro atoms. The Hall–Kier alpha value is -0.940. The average Bonchev–Trinajstić information content (AvgIpc) is 2.61. The number of hydrogen-bond donors (Lipinski definition) is 0. The van der Waals surface area contributed by atoms with Crippen molar-refractivity contribution < 1.29 is 4.79 Å². The Morgan fingerprint density at radius 2 is 2.06 bits per heavy atom. The van der Waals surface area contributed by atoms with Gasteiger partial charge in [0.2, 0.25) is 5.78 Å². The van der Waals surface area contributed by atoms with Crippen LogP contribution in [0, 0.1) is 6.92 Å². The molecule has 0 atom stereocenters. The van der Waals surface area contributed by atoms with E-state index in [1.54, 1.807) is 17.9 Å². The van der Waals surface area contributed by atoms with Gasteiger partial charge in [-0.3, -0.25) is 9.48 Å². The quantitative estimate of drug-likeness (QED) is 0.771. The van der Waals surface area contributed by atoms with Gasteiger partial charge in [-0.15, -0.1) is 0 Å². The molecule has 0 N–H and O–H groups in total. The molecule has 0 amide bonds. The average molecular weight is 358 g/mol. The van der Waals surface area contributed by atoms with Crippen LogP contribution in [-0.2, 0) is 7.05 Å². The summed E-state index contributed by atoms with van der Waals surface area (Å²) in [4.78, 5) is 12.4. The minimum Gasteiger partial charge on any atom is -0.287 e. The van der Waals surface area contributed by atoms with E-state index in [0.717, 1.165) is 10.0 Å². The van der Waals surface area contributed by atoms with Gasteiger partial charge in [0.1, 0.15) is 5.69 Å². The summed E-state index contributed by atoms with van der Waals surface area (Å²) in [6, 6.07) is 5.67. The molecule has 0 radical (unpaired) electrons. The lowest BCUT2D eigenvalue weighted by atomic mass is 10.0.